The molecule has 2 aromatic heterocycles. The summed E-state index contributed by atoms with van der Waals surface area (Å²) in [4.78, 5) is 35.0. The van der Waals surface area contributed by atoms with E-state index in [1.807, 2.05) is 12.1 Å². The van der Waals surface area contributed by atoms with Crippen LogP contribution in [-0.2, 0) is 10.5 Å². The van der Waals surface area contributed by atoms with Crippen LogP contribution in [0.2, 0.25) is 0 Å². The summed E-state index contributed by atoms with van der Waals surface area (Å²) in [6, 6.07) is 11.8. The second kappa shape index (κ2) is 10.1. The van der Waals surface area contributed by atoms with Gasteiger partial charge in [-0.25, -0.2) is 9.97 Å². The van der Waals surface area contributed by atoms with Crippen LogP contribution in [0.15, 0.2) is 66.0 Å². The molecule has 3 aromatic rings. The zero-order valence-electron chi connectivity index (χ0n) is 17.7. The van der Waals surface area contributed by atoms with Crippen molar-refractivity contribution in [1.82, 2.24) is 9.97 Å². The number of carbonyl (C=O) groups is 2. The number of amides is 2. The molecule has 0 radical (unpaired) electrons. The minimum atomic E-state index is -4.79. The molecular weight excluding hydrogens is 469 g/mol. The van der Waals surface area contributed by atoms with Gasteiger partial charge >= 0.3 is 6.36 Å². The van der Waals surface area contributed by atoms with Crippen LogP contribution in [0.1, 0.15) is 28.8 Å². The molecule has 0 atom stereocenters. The summed E-state index contributed by atoms with van der Waals surface area (Å²) in [5.74, 6) is 0.336. The summed E-state index contributed by atoms with van der Waals surface area (Å²) in [6.45, 7) is 0.649. The number of hydrogen-bond donors (Lipinski definition) is 1. The van der Waals surface area contributed by atoms with Gasteiger partial charge in [0.25, 0.3) is 5.91 Å². The van der Waals surface area contributed by atoms with Gasteiger partial charge in [-0.2, -0.15) is 0 Å². The lowest BCUT2D eigenvalue weighted by Gasteiger charge is -2.15. The van der Waals surface area contributed by atoms with E-state index >= 15 is 0 Å². The van der Waals surface area contributed by atoms with Gasteiger partial charge in [0.05, 0.1) is 5.56 Å². The van der Waals surface area contributed by atoms with Crippen LogP contribution >= 0.6 is 11.8 Å². The van der Waals surface area contributed by atoms with E-state index in [1.165, 1.54) is 23.9 Å². The standard InChI is InChI=1S/C23H19F3N4O3S/c24-23(25,26)33-17-7-5-16(6-8-17)29-21(32)18-3-1-10-28-22(18)34-14-15-9-11-27-19(13-15)30-12-2-4-20(30)31/h1,3,5-11,13H,2,4,12,14H2,(H,29,32). The van der Waals surface area contributed by atoms with Gasteiger partial charge in [-0.05, 0) is 60.5 Å². The van der Waals surface area contributed by atoms with Crippen molar-refractivity contribution in [2.45, 2.75) is 30.0 Å². The lowest BCUT2D eigenvalue weighted by atomic mass is 10.2. The fourth-order valence-corrected chi connectivity index (χ4v) is 4.29. The van der Waals surface area contributed by atoms with Crippen LogP contribution in [0.25, 0.3) is 0 Å². The molecule has 0 bridgehead atoms. The van der Waals surface area contributed by atoms with Gasteiger partial charge in [-0.3, -0.25) is 14.5 Å². The van der Waals surface area contributed by atoms with Crippen LogP contribution in [0.4, 0.5) is 24.7 Å². The third-order valence-corrected chi connectivity index (χ3v) is 5.97. The first-order chi connectivity index (χ1) is 16.3. The minimum Gasteiger partial charge on any atom is -0.406 e. The highest BCUT2D eigenvalue weighted by Gasteiger charge is 2.31. The van der Waals surface area contributed by atoms with Crippen LogP contribution < -0.4 is 15.0 Å². The quantitative estimate of drug-likeness (QED) is 0.469. The number of thioether (sulfide) groups is 1. The predicted molar refractivity (Wildman–Crippen MR) is 121 cm³/mol. The number of alkyl halides is 3. The lowest BCUT2D eigenvalue weighted by molar-refractivity contribution is -0.274. The molecule has 176 valence electrons. The summed E-state index contributed by atoms with van der Waals surface area (Å²) < 4.78 is 40.8. The minimum absolute atomic E-state index is 0.0546. The van der Waals surface area contributed by atoms with E-state index in [1.54, 1.807) is 29.4 Å². The average Bonchev–Trinajstić information content (AvgIpc) is 3.24. The van der Waals surface area contributed by atoms with E-state index in [0.717, 1.165) is 24.1 Å². The van der Waals surface area contributed by atoms with Crippen LogP contribution in [0, 0.1) is 0 Å². The summed E-state index contributed by atoms with van der Waals surface area (Å²) in [7, 11) is 0. The van der Waals surface area contributed by atoms with E-state index < -0.39 is 12.3 Å². The number of halogens is 3. The Balaban J connectivity index is 1.42. The first-order valence-corrected chi connectivity index (χ1v) is 11.3. The number of nitrogens with one attached hydrogen (secondary N) is 1. The number of aromatic nitrogens is 2. The van der Waals surface area contributed by atoms with E-state index in [-0.39, 0.29) is 11.7 Å². The van der Waals surface area contributed by atoms with Crippen LogP contribution in [0.3, 0.4) is 0 Å². The van der Waals surface area contributed by atoms with Crippen LogP contribution in [0.5, 0.6) is 5.75 Å². The Hall–Kier alpha value is -3.60. The van der Waals surface area contributed by atoms with Crippen molar-refractivity contribution in [1.29, 1.82) is 0 Å². The van der Waals surface area contributed by atoms with Crippen molar-refractivity contribution in [3.63, 3.8) is 0 Å². The first kappa shape index (κ1) is 23.6. The maximum Gasteiger partial charge on any atom is 0.573 e. The van der Waals surface area contributed by atoms with Gasteiger partial charge in [0.2, 0.25) is 5.91 Å². The molecule has 3 heterocycles. The third-order valence-electron chi connectivity index (χ3n) is 4.90. The molecule has 4 rings (SSSR count). The number of carbonyl (C=O) groups excluding carboxylic acids is 2. The van der Waals surface area contributed by atoms with Gasteiger partial charge < -0.3 is 10.1 Å². The Labute approximate surface area is 197 Å². The van der Waals surface area contributed by atoms with Crippen molar-refractivity contribution in [2.75, 3.05) is 16.8 Å². The van der Waals surface area contributed by atoms with Gasteiger partial charge in [0.15, 0.2) is 0 Å². The molecule has 1 saturated heterocycles. The summed E-state index contributed by atoms with van der Waals surface area (Å²) in [6.07, 6.45) is -0.237. The number of anilines is 2. The van der Waals surface area contributed by atoms with Crippen LogP contribution in [-0.4, -0.2) is 34.7 Å². The fourth-order valence-electron chi connectivity index (χ4n) is 3.36. The number of rotatable bonds is 7. The molecule has 0 spiro atoms. The van der Waals surface area contributed by atoms with Crippen molar-refractivity contribution in [3.8, 4) is 5.75 Å². The number of benzene rings is 1. The molecule has 1 aromatic carbocycles. The maximum absolute atomic E-state index is 12.8. The molecule has 1 aliphatic heterocycles. The Morgan fingerprint density at radius 1 is 1.12 bits per heavy atom. The predicted octanol–water partition coefficient (Wildman–Crippen LogP) is 5.05. The van der Waals surface area contributed by atoms with Gasteiger partial charge in [-0.15, -0.1) is 24.9 Å². The number of nitrogens with zero attached hydrogens (tertiary/aromatic N) is 3. The Morgan fingerprint density at radius 3 is 2.62 bits per heavy atom. The summed E-state index contributed by atoms with van der Waals surface area (Å²) in [5, 5.41) is 3.15. The fraction of sp³-hybridized carbons (Fsp3) is 0.217. The normalized spacial score (nSPS) is 13.7. The average molecular weight is 488 g/mol. The Kier molecular flexibility index (Phi) is 7.01. The molecule has 11 heteroatoms. The first-order valence-electron chi connectivity index (χ1n) is 10.3. The SMILES string of the molecule is O=C(Nc1ccc(OC(F)(F)F)cc1)c1cccnc1SCc1ccnc(N2CCCC2=O)c1. The largest absolute Gasteiger partial charge is 0.573 e. The second-order valence-corrected chi connectivity index (χ2v) is 8.31. The Bertz CT molecular complexity index is 1190. The summed E-state index contributed by atoms with van der Waals surface area (Å²) >= 11 is 1.35. The highest BCUT2D eigenvalue weighted by molar-refractivity contribution is 7.98. The monoisotopic (exact) mass is 488 g/mol. The zero-order valence-corrected chi connectivity index (χ0v) is 18.5. The van der Waals surface area contributed by atoms with Crippen molar-refractivity contribution < 1.29 is 27.5 Å². The second-order valence-electron chi connectivity index (χ2n) is 7.34. The number of pyridine rings is 2. The molecule has 0 unspecified atom stereocenters. The van der Waals surface area contributed by atoms with Gasteiger partial charge in [-0.1, -0.05) is 0 Å². The highest BCUT2D eigenvalue weighted by Crippen LogP contribution is 2.28. The molecule has 0 aliphatic carbocycles. The highest BCUT2D eigenvalue weighted by atomic mass is 32.2. The smallest absolute Gasteiger partial charge is 0.406 e. The third kappa shape index (κ3) is 6.04. The zero-order chi connectivity index (χ0) is 24.1. The molecule has 7 nitrogen and oxygen atoms in total. The molecule has 0 saturated carbocycles. The molecule has 1 N–H and O–H groups in total. The van der Waals surface area contributed by atoms with Crippen molar-refractivity contribution >= 4 is 35.1 Å². The van der Waals surface area contributed by atoms with E-state index in [0.29, 0.717) is 40.8 Å². The lowest BCUT2D eigenvalue weighted by Crippen LogP contribution is -2.24. The van der Waals surface area contributed by atoms with Gasteiger partial charge in [0, 0.05) is 36.8 Å². The Morgan fingerprint density at radius 2 is 1.91 bits per heavy atom. The van der Waals surface area contributed by atoms with E-state index in [9.17, 15) is 22.8 Å². The van der Waals surface area contributed by atoms with E-state index in [2.05, 4.69) is 20.0 Å². The number of hydrogen-bond acceptors (Lipinski definition) is 6. The van der Waals surface area contributed by atoms with E-state index in [4.69, 9.17) is 0 Å². The molecule has 34 heavy (non-hydrogen) atoms. The molecule has 2 amide bonds. The van der Waals surface area contributed by atoms with Crippen molar-refractivity contribution in [3.05, 3.63) is 72.1 Å². The summed E-state index contributed by atoms with van der Waals surface area (Å²) in [5.41, 5.74) is 1.56. The maximum atomic E-state index is 12.8. The molecule has 1 aliphatic rings. The van der Waals surface area contributed by atoms with Gasteiger partial charge in [0.1, 0.15) is 16.6 Å². The topological polar surface area (TPSA) is 84.4 Å². The number of ether oxygens (including phenoxy) is 1. The van der Waals surface area contributed by atoms with Crippen molar-refractivity contribution in [2.24, 2.45) is 0 Å². The molecular formula is C23H19F3N4O3S. The molecule has 1 fully saturated rings.